The number of benzene rings is 1. The lowest BCUT2D eigenvalue weighted by molar-refractivity contribution is 0.309. The topological polar surface area (TPSA) is 29.3 Å². The molecule has 0 radical (unpaired) electrons. The molecule has 2 rings (SSSR count). The van der Waals surface area contributed by atoms with Gasteiger partial charge >= 0.3 is 0 Å². The van der Waals surface area contributed by atoms with Crippen molar-refractivity contribution in [3.8, 4) is 0 Å². The lowest BCUT2D eigenvalue weighted by Gasteiger charge is -2.21. The second-order valence-corrected chi connectivity index (χ2v) is 6.41. The van der Waals surface area contributed by atoms with E-state index in [0.717, 1.165) is 32.4 Å². The Kier molecular flexibility index (Phi) is 6.25. The van der Waals surface area contributed by atoms with Crippen molar-refractivity contribution in [3.05, 3.63) is 58.3 Å². The van der Waals surface area contributed by atoms with E-state index in [1.165, 1.54) is 10.4 Å². The van der Waals surface area contributed by atoms with Gasteiger partial charge in [-0.25, -0.2) is 0 Å². The minimum atomic E-state index is 0.253. The monoisotopic (exact) mass is 288 g/mol. The molecule has 2 nitrogen and oxygen atoms in total. The molecule has 1 heterocycles. The highest BCUT2D eigenvalue weighted by Crippen LogP contribution is 2.10. The number of nitrogens with two attached hydrogens (primary N) is 1. The summed E-state index contributed by atoms with van der Waals surface area (Å²) >= 11 is 1.83. The first kappa shape index (κ1) is 15.2. The first-order valence-electron chi connectivity index (χ1n) is 7.24. The quantitative estimate of drug-likeness (QED) is 0.808. The van der Waals surface area contributed by atoms with Crippen molar-refractivity contribution in [1.82, 2.24) is 4.90 Å². The lowest BCUT2D eigenvalue weighted by Crippen LogP contribution is -2.36. The van der Waals surface area contributed by atoms with E-state index >= 15 is 0 Å². The first-order chi connectivity index (χ1) is 9.74. The van der Waals surface area contributed by atoms with Gasteiger partial charge in [0.2, 0.25) is 0 Å². The molecule has 1 aromatic carbocycles. The van der Waals surface area contributed by atoms with Gasteiger partial charge in [0.05, 0.1) is 0 Å². The third kappa shape index (κ3) is 5.45. The molecule has 0 saturated heterocycles. The second-order valence-electron chi connectivity index (χ2n) is 5.38. The van der Waals surface area contributed by atoms with E-state index in [0.29, 0.717) is 0 Å². The molecule has 0 spiro atoms. The zero-order chi connectivity index (χ0) is 14.2. The van der Waals surface area contributed by atoms with Crippen molar-refractivity contribution in [2.45, 2.75) is 25.3 Å². The van der Waals surface area contributed by atoms with Crippen LogP contribution in [0.2, 0.25) is 0 Å². The summed E-state index contributed by atoms with van der Waals surface area (Å²) < 4.78 is 0. The average molecular weight is 288 g/mol. The fourth-order valence-electron chi connectivity index (χ4n) is 2.34. The van der Waals surface area contributed by atoms with Gasteiger partial charge < -0.3 is 10.6 Å². The van der Waals surface area contributed by atoms with Crippen LogP contribution in [0.15, 0.2) is 47.8 Å². The van der Waals surface area contributed by atoms with Gasteiger partial charge in [-0.2, -0.15) is 0 Å². The van der Waals surface area contributed by atoms with Crippen LogP contribution in [0.3, 0.4) is 0 Å². The zero-order valence-electron chi connectivity index (χ0n) is 12.2. The van der Waals surface area contributed by atoms with Crippen molar-refractivity contribution >= 4 is 11.3 Å². The molecule has 1 unspecified atom stereocenters. The van der Waals surface area contributed by atoms with Crippen LogP contribution >= 0.6 is 11.3 Å². The molecule has 20 heavy (non-hydrogen) atoms. The Labute approximate surface area is 126 Å². The Morgan fingerprint density at radius 1 is 1.10 bits per heavy atom. The first-order valence-corrected chi connectivity index (χ1v) is 8.12. The Balaban J connectivity index is 1.64. The highest BCUT2D eigenvalue weighted by atomic mass is 32.1. The van der Waals surface area contributed by atoms with Crippen LogP contribution in [0.5, 0.6) is 0 Å². The summed E-state index contributed by atoms with van der Waals surface area (Å²) in [5.41, 5.74) is 7.61. The number of nitrogens with zero attached hydrogens (tertiary/aromatic N) is 1. The standard InChI is InChI=1S/C17H24N2S/c1-19(12-11-17-8-5-13-20-17)14-16(18)10-9-15-6-3-2-4-7-15/h2-8,13,16H,9-12,14,18H2,1H3. The van der Waals surface area contributed by atoms with Crippen LogP contribution in [0, 0.1) is 0 Å². The maximum Gasteiger partial charge on any atom is 0.0170 e. The van der Waals surface area contributed by atoms with Crippen molar-refractivity contribution in [3.63, 3.8) is 0 Å². The molecule has 2 aromatic rings. The van der Waals surface area contributed by atoms with Crippen LogP contribution in [0.4, 0.5) is 0 Å². The van der Waals surface area contributed by atoms with E-state index < -0.39 is 0 Å². The molecule has 3 heteroatoms. The highest BCUT2D eigenvalue weighted by Gasteiger charge is 2.07. The molecule has 0 bridgehead atoms. The molecule has 0 aliphatic heterocycles. The molecule has 0 aliphatic rings. The number of aryl methyl sites for hydroxylation is 1. The molecular weight excluding hydrogens is 264 g/mol. The number of thiophene rings is 1. The van der Waals surface area contributed by atoms with Crippen LogP contribution in [-0.4, -0.2) is 31.1 Å². The van der Waals surface area contributed by atoms with Crippen molar-refractivity contribution in [2.75, 3.05) is 20.1 Å². The van der Waals surface area contributed by atoms with Gasteiger partial charge in [0.1, 0.15) is 0 Å². The van der Waals surface area contributed by atoms with E-state index in [4.69, 9.17) is 5.73 Å². The Hall–Kier alpha value is -1.16. The smallest absolute Gasteiger partial charge is 0.0170 e. The van der Waals surface area contributed by atoms with Gasteiger partial charge in [-0.15, -0.1) is 11.3 Å². The van der Waals surface area contributed by atoms with E-state index in [9.17, 15) is 0 Å². The van der Waals surface area contributed by atoms with Crippen molar-refractivity contribution in [2.24, 2.45) is 5.73 Å². The van der Waals surface area contributed by atoms with Gasteiger partial charge in [-0.3, -0.25) is 0 Å². The third-order valence-corrected chi connectivity index (χ3v) is 4.45. The molecule has 0 amide bonds. The summed E-state index contributed by atoms with van der Waals surface area (Å²) in [6, 6.07) is 15.2. The Morgan fingerprint density at radius 3 is 2.60 bits per heavy atom. The summed E-state index contributed by atoms with van der Waals surface area (Å²) in [5.74, 6) is 0. The minimum Gasteiger partial charge on any atom is -0.327 e. The van der Waals surface area contributed by atoms with Gasteiger partial charge in [0.25, 0.3) is 0 Å². The SMILES string of the molecule is CN(CCc1cccs1)CC(N)CCc1ccccc1. The van der Waals surface area contributed by atoms with Gasteiger partial charge in [-0.1, -0.05) is 36.4 Å². The largest absolute Gasteiger partial charge is 0.327 e. The van der Waals surface area contributed by atoms with Crippen LogP contribution < -0.4 is 5.73 Å². The summed E-state index contributed by atoms with van der Waals surface area (Å²) in [6.07, 6.45) is 3.24. The maximum atomic E-state index is 6.23. The Morgan fingerprint density at radius 2 is 1.90 bits per heavy atom. The number of hydrogen-bond donors (Lipinski definition) is 1. The zero-order valence-corrected chi connectivity index (χ0v) is 13.0. The number of hydrogen-bond acceptors (Lipinski definition) is 3. The van der Waals surface area contributed by atoms with Crippen molar-refractivity contribution < 1.29 is 0 Å². The van der Waals surface area contributed by atoms with E-state index in [-0.39, 0.29) is 6.04 Å². The van der Waals surface area contributed by atoms with Crippen molar-refractivity contribution in [1.29, 1.82) is 0 Å². The highest BCUT2D eigenvalue weighted by molar-refractivity contribution is 7.09. The normalized spacial score (nSPS) is 12.8. The molecular formula is C17H24N2S. The summed E-state index contributed by atoms with van der Waals surface area (Å²) in [5, 5.41) is 2.14. The summed E-state index contributed by atoms with van der Waals surface area (Å²) in [6.45, 7) is 2.05. The van der Waals surface area contributed by atoms with Gasteiger partial charge in [0, 0.05) is 24.0 Å². The van der Waals surface area contributed by atoms with E-state index in [1.807, 2.05) is 11.3 Å². The molecule has 1 aromatic heterocycles. The second kappa shape index (κ2) is 8.20. The van der Waals surface area contributed by atoms with Crippen LogP contribution in [0.1, 0.15) is 16.9 Å². The van der Waals surface area contributed by atoms with Gasteiger partial charge in [-0.05, 0) is 43.3 Å². The number of likely N-dealkylation sites (N-methyl/N-ethyl adjacent to an activating group) is 1. The van der Waals surface area contributed by atoms with Crippen LogP contribution in [0.25, 0.3) is 0 Å². The summed E-state index contributed by atoms with van der Waals surface area (Å²) in [7, 11) is 2.16. The van der Waals surface area contributed by atoms with E-state index in [1.54, 1.807) is 0 Å². The molecule has 0 fully saturated rings. The predicted molar refractivity (Wildman–Crippen MR) is 88.3 cm³/mol. The molecule has 0 aliphatic carbocycles. The summed E-state index contributed by atoms with van der Waals surface area (Å²) in [4.78, 5) is 3.80. The predicted octanol–water partition coefficient (Wildman–Crippen LogP) is 3.18. The van der Waals surface area contributed by atoms with Gasteiger partial charge in [0.15, 0.2) is 0 Å². The van der Waals surface area contributed by atoms with E-state index in [2.05, 4.69) is 59.8 Å². The fraction of sp³-hybridized carbons (Fsp3) is 0.412. The third-order valence-electron chi connectivity index (χ3n) is 3.51. The fourth-order valence-corrected chi connectivity index (χ4v) is 3.03. The average Bonchev–Trinajstić information content (AvgIpc) is 2.97. The lowest BCUT2D eigenvalue weighted by atomic mass is 10.1. The molecule has 108 valence electrons. The molecule has 1 atom stereocenters. The Bertz CT molecular complexity index is 467. The molecule has 0 saturated carbocycles. The number of rotatable bonds is 8. The maximum absolute atomic E-state index is 6.23. The van der Waals surface area contributed by atoms with Crippen LogP contribution in [-0.2, 0) is 12.8 Å². The minimum absolute atomic E-state index is 0.253. The molecule has 2 N–H and O–H groups in total.